The Labute approximate surface area is 533 Å². The van der Waals surface area contributed by atoms with Crippen LogP contribution in [0, 0.1) is 0 Å². The maximum absolute atomic E-state index is 4.54. The lowest BCUT2D eigenvalue weighted by atomic mass is 9.79. The van der Waals surface area contributed by atoms with Gasteiger partial charge in [-0.05, 0) is 177 Å². The lowest BCUT2D eigenvalue weighted by Crippen LogP contribution is -2.19. The van der Waals surface area contributed by atoms with Crippen LogP contribution in [-0.2, 0) is 21.7 Å². The molecule has 0 aromatic heterocycles. The van der Waals surface area contributed by atoms with E-state index in [9.17, 15) is 0 Å². The zero-order valence-corrected chi connectivity index (χ0v) is 52.6. The van der Waals surface area contributed by atoms with Crippen LogP contribution in [0.15, 0.2) is 280 Å². The third-order valence-corrected chi connectivity index (χ3v) is 22.0. The number of anilines is 6. The Morgan fingerprint density at radius 2 is 0.495 bits per heavy atom. The van der Waals surface area contributed by atoms with E-state index in [1.54, 1.807) is 0 Å². The van der Waals surface area contributed by atoms with Crippen LogP contribution in [0.25, 0.3) is 98.7 Å². The Balaban J connectivity index is 0.827. The molecule has 0 aliphatic heterocycles. The summed E-state index contributed by atoms with van der Waals surface area (Å²) < 4.78 is 0. The van der Waals surface area contributed by atoms with Gasteiger partial charge in [-0.25, -0.2) is 0 Å². The first-order valence-corrected chi connectivity index (χ1v) is 32.4. The Hall–Kier alpha value is -10.5. The second-order valence-electron chi connectivity index (χ2n) is 27.7. The molecule has 0 bridgehead atoms. The maximum Gasteiger partial charge on any atom is 0.0543 e. The number of hydrogen-bond acceptors (Lipinski definition) is 2. The standard InChI is InChI=1S/C89H68N2/c1-9-89(8)73-41-25-21-37-69(73)85-65-33-17-13-29-61(65)81(53-77(85)89)91(80-52-76-84(64-32-16-12-28-60(64)80)68-36-20-24-40-72(68)88(76,6)7)57-48-44-55(45-49-57)54-42-46-56(47-43-54)90(78-50-74-82(62-30-14-10-26-58(62)78)66-34-18-22-38-70(66)86(74,2)3)79-51-75-83(63-31-15-11-27-59(63)79)67-35-19-23-39-71(67)87(75,4)5/h9-53H,1H2,2-8H3. The van der Waals surface area contributed by atoms with E-state index in [2.05, 4.69) is 338 Å². The van der Waals surface area contributed by atoms with Gasteiger partial charge in [0.1, 0.15) is 0 Å². The third-order valence-electron chi connectivity index (χ3n) is 22.0. The summed E-state index contributed by atoms with van der Waals surface area (Å²) in [7, 11) is 0. The summed E-state index contributed by atoms with van der Waals surface area (Å²) in [4.78, 5) is 5.16. The molecule has 434 valence electrons. The number of rotatable bonds is 8. The lowest BCUT2D eigenvalue weighted by molar-refractivity contribution is 0.660. The van der Waals surface area contributed by atoms with E-state index in [1.165, 1.54) is 143 Å². The predicted molar refractivity (Wildman–Crippen MR) is 386 cm³/mol. The normalized spacial score (nSPS) is 16.2. The van der Waals surface area contributed by atoms with Gasteiger partial charge in [-0.2, -0.15) is 0 Å². The SMILES string of the molecule is C=CC1(C)c2ccccc2-c2c1cc(N(c1ccc(-c3ccc(N(c4cc5c(c6ccccc46)-c4ccccc4C5(C)C)c4cc5c(c6ccccc46)-c4ccccc4C5(C)C)cc3)cc1)c1cc3c(c4ccccc14)-c1ccccc1C3(C)C)c1ccccc21. The van der Waals surface area contributed by atoms with Crippen LogP contribution in [0.5, 0.6) is 0 Å². The second-order valence-corrected chi connectivity index (χ2v) is 27.7. The number of nitrogens with zero attached hydrogens (tertiary/aromatic N) is 2. The minimum atomic E-state index is -0.405. The van der Waals surface area contributed by atoms with Gasteiger partial charge in [0.2, 0.25) is 0 Å². The zero-order valence-electron chi connectivity index (χ0n) is 52.6. The molecule has 0 amide bonds. The molecule has 4 aliphatic rings. The van der Waals surface area contributed by atoms with Gasteiger partial charge in [-0.3, -0.25) is 0 Å². The lowest BCUT2D eigenvalue weighted by Gasteiger charge is -2.32. The van der Waals surface area contributed by atoms with Crippen LogP contribution in [0.2, 0.25) is 0 Å². The van der Waals surface area contributed by atoms with Crippen molar-refractivity contribution < 1.29 is 0 Å². The molecule has 0 radical (unpaired) electrons. The van der Waals surface area contributed by atoms with E-state index in [-0.39, 0.29) is 16.2 Å². The number of hydrogen-bond donors (Lipinski definition) is 0. The Morgan fingerprint density at radius 3 is 0.802 bits per heavy atom. The van der Waals surface area contributed by atoms with Crippen LogP contribution in [0.3, 0.4) is 0 Å². The Kier molecular flexibility index (Phi) is 11.2. The predicted octanol–water partition coefficient (Wildman–Crippen LogP) is 24.3. The summed E-state index contributed by atoms with van der Waals surface area (Å²) in [6.45, 7) is 21.3. The minimum absolute atomic E-state index is 0.215. The molecular formula is C89H68N2. The van der Waals surface area contributed by atoms with Crippen molar-refractivity contribution in [3.05, 3.63) is 324 Å². The van der Waals surface area contributed by atoms with Crippen LogP contribution < -0.4 is 9.80 Å². The molecule has 4 aliphatic carbocycles. The van der Waals surface area contributed by atoms with Gasteiger partial charge in [0, 0.05) is 54.6 Å². The highest BCUT2D eigenvalue weighted by Gasteiger charge is 2.43. The smallest absolute Gasteiger partial charge is 0.0543 e. The van der Waals surface area contributed by atoms with E-state index in [1.807, 2.05) is 0 Å². The van der Waals surface area contributed by atoms with Crippen molar-refractivity contribution in [2.75, 3.05) is 9.80 Å². The van der Waals surface area contributed by atoms with E-state index in [0.29, 0.717) is 0 Å². The molecule has 0 saturated heterocycles. The molecule has 0 fully saturated rings. The fourth-order valence-electron chi connectivity index (χ4n) is 17.3. The summed E-state index contributed by atoms with van der Waals surface area (Å²) in [6, 6.07) is 101. The molecule has 1 unspecified atom stereocenters. The fraction of sp³-hybridized carbons (Fsp3) is 0.124. The Morgan fingerprint density at radius 1 is 0.253 bits per heavy atom. The average molecular weight is 1170 g/mol. The van der Waals surface area contributed by atoms with Crippen LogP contribution >= 0.6 is 0 Å². The highest BCUT2D eigenvalue weighted by Crippen LogP contribution is 2.61. The maximum atomic E-state index is 4.54. The monoisotopic (exact) mass is 1160 g/mol. The van der Waals surface area contributed by atoms with Crippen molar-refractivity contribution in [2.24, 2.45) is 0 Å². The van der Waals surface area contributed by atoms with Gasteiger partial charge in [0.05, 0.1) is 22.7 Å². The summed E-state index contributed by atoms with van der Waals surface area (Å²) >= 11 is 0. The van der Waals surface area contributed by atoms with Gasteiger partial charge >= 0.3 is 0 Å². The zero-order chi connectivity index (χ0) is 61.4. The minimum Gasteiger partial charge on any atom is -0.309 e. The van der Waals surface area contributed by atoms with Crippen molar-refractivity contribution in [3.63, 3.8) is 0 Å². The fourth-order valence-corrected chi connectivity index (χ4v) is 17.3. The number of fused-ring (bicyclic) bond motifs is 20. The van der Waals surface area contributed by atoms with E-state index < -0.39 is 5.41 Å². The van der Waals surface area contributed by atoms with Crippen molar-refractivity contribution in [1.29, 1.82) is 0 Å². The molecule has 18 rings (SSSR count). The largest absolute Gasteiger partial charge is 0.309 e. The molecule has 2 heteroatoms. The summed E-state index contributed by atoms with van der Waals surface area (Å²) in [5.74, 6) is 0. The first-order chi connectivity index (χ1) is 44.3. The molecular weight excluding hydrogens is 1100 g/mol. The first kappa shape index (κ1) is 53.5. The molecule has 0 saturated carbocycles. The highest BCUT2D eigenvalue weighted by molar-refractivity contribution is 6.17. The van der Waals surface area contributed by atoms with Crippen LogP contribution in [0.1, 0.15) is 93.0 Å². The molecule has 2 nitrogen and oxygen atoms in total. The van der Waals surface area contributed by atoms with E-state index in [0.717, 1.165) is 33.9 Å². The van der Waals surface area contributed by atoms with E-state index >= 15 is 0 Å². The third kappa shape index (κ3) is 7.25. The Bertz CT molecular complexity index is 5330. The summed E-state index contributed by atoms with van der Waals surface area (Å²) in [5.41, 5.74) is 29.4. The van der Waals surface area contributed by atoms with Crippen molar-refractivity contribution in [1.82, 2.24) is 0 Å². The molecule has 0 heterocycles. The van der Waals surface area contributed by atoms with Crippen molar-refractivity contribution >= 4 is 77.2 Å². The number of benzene rings is 14. The van der Waals surface area contributed by atoms with Gasteiger partial charge in [-0.1, -0.05) is 266 Å². The molecule has 91 heavy (non-hydrogen) atoms. The van der Waals surface area contributed by atoms with Gasteiger partial charge in [-0.15, -0.1) is 6.58 Å². The second kappa shape index (κ2) is 19.0. The van der Waals surface area contributed by atoms with Crippen molar-refractivity contribution in [2.45, 2.75) is 70.1 Å². The summed E-state index contributed by atoms with van der Waals surface area (Å²) in [5, 5.41) is 9.92. The molecule has 1 atom stereocenters. The van der Waals surface area contributed by atoms with Crippen LogP contribution in [-0.4, -0.2) is 0 Å². The van der Waals surface area contributed by atoms with Crippen LogP contribution in [0.4, 0.5) is 34.1 Å². The average Bonchev–Trinajstić information content (AvgIpc) is 1.62. The van der Waals surface area contributed by atoms with Gasteiger partial charge in [0.15, 0.2) is 0 Å². The quantitative estimate of drug-likeness (QED) is 0.140. The highest BCUT2D eigenvalue weighted by atomic mass is 15.2. The van der Waals surface area contributed by atoms with Gasteiger partial charge in [0.25, 0.3) is 0 Å². The first-order valence-electron chi connectivity index (χ1n) is 32.4. The molecule has 14 aromatic carbocycles. The molecule has 0 spiro atoms. The molecule has 14 aromatic rings. The van der Waals surface area contributed by atoms with E-state index in [4.69, 9.17) is 0 Å². The van der Waals surface area contributed by atoms with Crippen molar-refractivity contribution in [3.8, 4) is 55.6 Å². The topological polar surface area (TPSA) is 6.48 Å². The molecule has 0 N–H and O–H groups in total. The van der Waals surface area contributed by atoms with Gasteiger partial charge < -0.3 is 9.80 Å². The summed E-state index contributed by atoms with van der Waals surface area (Å²) in [6.07, 6.45) is 2.16. The number of allylic oxidation sites excluding steroid dienone is 1.